The predicted molar refractivity (Wildman–Crippen MR) is 55.1 cm³/mol. The fourth-order valence-corrected chi connectivity index (χ4v) is 1.58. The summed E-state index contributed by atoms with van der Waals surface area (Å²) >= 11 is 5.45. The molecule has 16 heavy (non-hydrogen) atoms. The molecule has 0 aliphatic heterocycles. The van der Waals surface area contributed by atoms with Crippen LogP contribution in [-0.2, 0) is 6.18 Å². The third-order valence-electron chi connectivity index (χ3n) is 2.53. The maximum atomic E-state index is 13.5. The molecule has 0 aliphatic rings. The van der Waals surface area contributed by atoms with E-state index >= 15 is 0 Å². The minimum absolute atomic E-state index is 0.0160. The summed E-state index contributed by atoms with van der Waals surface area (Å²) in [5, 5.41) is -0.481. The van der Waals surface area contributed by atoms with Gasteiger partial charge in [-0.1, -0.05) is 25.4 Å². The summed E-state index contributed by atoms with van der Waals surface area (Å²) in [7, 11) is 0. The van der Waals surface area contributed by atoms with Crippen molar-refractivity contribution in [1.82, 2.24) is 0 Å². The minimum atomic E-state index is -4.50. The zero-order valence-electron chi connectivity index (χ0n) is 8.83. The van der Waals surface area contributed by atoms with Crippen LogP contribution < -0.4 is 0 Å². The highest BCUT2D eigenvalue weighted by molar-refractivity contribution is 6.30. The molecular formula is C11H11ClF4. The van der Waals surface area contributed by atoms with Crippen molar-refractivity contribution in [2.24, 2.45) is 0 Å². The normalized spacial score (nSPS) is 13.9. The number of benzene rings is 1. The van der Waals surface area contributed by atoms with Crippen LogP contribution in [-0.4, -0.2) is 0 Å². The van der Waals surface area contributed by atoms with Crippen molar-refractivity contribution in [1.29, 1.82) is 0 Å². The number of hydrogen-bond donors (Lipinski definition) is 0. The summed E-state index contributed by atoms with van der Waals surface area (Å²) in [6, 6.07) is 1.44. The summed E-state index contributed by atoms with van der Waals surface area (Å²) in [6.45, 7) is 3.44. The van der Waals surface area contributed by atoms with Gasteiger partial charge in [0.15, 0.2) is 0 Å². The van der Waals surface area contributed by atoms with Gasteiger partial charge in [0.1, 0.15) is 5.82 Å². The molecule has 0 N–H and O–H groups in total. The molecule has 0 nitrogen and oxygen atoms in total. The largest absolute Gasteiger partial charge is 0.416 e. The fourth-order valence-electron chi connectivity index (χ4n) is 1.35. The zero-order chi connectivity index (χ0) is 12.5. The third kappa shape index (κ3) is 2.67. The Bertz CT molecular complexity index is 384. The summed E-state index contributed by atoms with van der Waals surface area (Å²) in [6.07, 6.45) is -3.95. The van der Waals surface area contributed by atoms with Crippen LogP contribution in [0, 0.1) is 5.82 Å². The van der Waals surface area contributed by atoms with E-state index in [2.05, 4.69) is 0 Å². The van der Waals surface area contributed by atoms with Gasteiger partial charge in [0, 0.05) is 0 Å². The molecule has 5 heteroatoms. The first-order chi connectivity index (χ1) is 7.27. The second kappa shape index (κ2) is 4.62. The van der Waals surface area contributed by atoms with Crippen molar-refractivity contribution in [2.75, 3.05) is 0 Å². The van der Waals surface area contributed by atoms with Gasteiger partial charge in [-0.2, -0.15) is 13.2 Å². The number of rotatable bonds is 2. The van der Waals surface area contributed by atoms with Crippen LogP contribution in [0.15, 0.2) is 12.1 Å². The lowest BCUT2D eigenvalue weighted by molar-refractivity contribution is -0.137. The van der Waals surface area contributed by atoms with E-state index in [9.17, 15) is 17.6 Å². The molecule has 1 rings (SSSR count). The lowest BCUT2D eigenvalue weighted by Gasteiger charge is -2.15. The highest BCUT2D eigenvalue weighted by atomic mass is 35.5. The average Bonchev–Trinajstić information content (AvgIpc) is 2.19. The smallest absolute Gasteiger partial charge is 0.205 e. The fraction of sp³-hybridized carbons (Fsp3) is 0.455. The van der Waals surface area contributed by atoms with Crippen LogP contribution in [0.2, 0.25) is 5.02 Å². The van der Waals surface area contributed by atoms with E-state index in [0.717, 1.165) is 6.07 Å². The quantitative estimate of drug-likeness (QED) is 0.651. The van der Waals surface area contributed by atoms with E-state index in [1.807, 2.05) is 0 Å². The number of halogens is 5. The van der Waals surface area contributed by atoms with Gasteiger partial charge >= 0.3 is 6.18 Å². The molecule has 0 aromatic heterocycles. The molecule has 90 valence electrons. The first-order valence-corrected chi connectivity index (χ1v) is 5.21. The van der Waals surface area contributed by atoms with E-state index in [1.165, 1.54) is 0 Å². The average molecular weight is 255 g/mol. The Balaban J connectivity index is 3.33. The van der Waals surface area contributed by atoms with Crippen molar-refractivity contribution < 1.29 is 17.6 Å². The Kier molecular flexibility index (Phi) is 3.84. The van der Waals surface area contributed by atoms with E-state index in [4.69, 9.17) is 11.6 Å². The molecule has 0 saturated carbocycles. The molecule has 0 amide bonds. The first-order valence-electron chi connectivity index (χ1n) is 4.83. The second-order valence-corrected chi connectivity index (χ2v) is 4.08. The van der Waals surface area contributed by atoms with Gasteiger partial charge in [-0.15, -0.1) is 0 Å². The Hall–Kier alpha value is -0.770. The van der Waals surface area contributed by atoms with Crippen molar-refractivity contribution in [3.63, 3.8) is 0 Å². The van der Waals surface area contributed by atoms with Crippen LogP contribution in [0.1, 0.15) is 37.3 Å². The Morgan fingerprint density at radius 1 is 1.31 bits per heavy atom. The van der Waals surface area contributed by atoms with Crippen LogP contribution in [0.3, 0.4) is 0 Å². The summed E-state index contributed by atoms with van der Waals surface area (Å²) in [5.41, 5.74) is -0.892. The molecule has 0 bridgehead atoms. The zero-order valence-corrected chi connectivity index (χ0v) is 9.58. The monoisotopic (exact) mass is 254 g/mol. The summed E-state index contributed by atoms with van der Waals surface area (Å²) in [5.74, 6) is -1.05. The molecule has 0 saturated heterocycles. The summed E-state index contributed by atoms with van der Waals surface area (Å²) in [4.78, 5) is 0. The van der Waals surface area contributed by atoms with Gasteiger partial charge in [0.05, 0.1) is 10.6 Å². The summed E-state index contributed by atoms with van der Waals surface area (Å²) < 4.78 is 50.9. The van der Waals surface area contributed by atoms with Crippen molar-refractivity contribution >= 4 is 11.6 Å². The van der Waals surface area contributed by atoms with Crippen molar-refractivity contribution in [3.05, 3.63) is 34.1 Å². The maximum Gasteiger partial charge on any atom is 0.416 e. The SMILES string of the molecule is CCC(C)c1cc(C(F)(F)F)cc(Cl)c1F. The predicted octanol–water partition coefficient (Wildman–Crippen LogP) is 5.01. The van der Waals surface area contributed by atoms with Crippen LogP contribution >= 0.6 is 11.6 Å². The Morgan fingerprint density at radius 2 is 1.88 bits per heavy atom. The maximum absolute atomic E-state index is 13.5. The van der Waals surface area contributed by atoms with E-state index in [-0.39, 0.29) is 11.5 Å². The standard InChI is InChI=1S/C11H11ClF4/c1-3-6(2)8-4-7(11(14,15)16)5-9(12)10(8)13/h4-6H,3H2,1-2H3. The highest BCUT2D eigenvalue weighted by Gasteiger charge is 2.32. The van der Waals surface area contributed by atoms with E-state index in [0.29, 0.717) is 12.5 Å². The van der Waals surface area contributed by atoms with Crippen molar-refractivity contribution in [2.45, 2.75) is 32.4 Å². The third-order valence-corrected chi connectivity index (χ3v) is 2.80. The number of alkyl halides is 3. The van der Waals surface area contributed by atoms with Gasteiger partial charge in [0.25, 0.3) is 0 Å². The molecule has 1 aromatic carbocycles. The van der Waals surface area contributed by atoms with Crippen LogP contribution in [0.5, 0.6) is 0 Å². The van der Waals surface area contributed by atoms with Gasteiger partial charge in [-0.3, -0.25) is 0 Å². The van der Waals surface area contributed by atoms with E-state index in [1.54, 1.807) is 13.8 Å². The lowest BCUT2D eigenvalue weighted by atomic mass is 9.96. The second-order valence-electron chi connectivity index (χ2n) is 3.67. The molecule has 0 fully saturated rings. The minimum Gasteiger partial charge on any atom is -0.205 e. The van der Waals surface area contributed by atoms with Gasteiger partial charge in [-0.05, 0) is 30.0 Å². The van der Waals surface area contributed by atoms with Gasteiger partial charge in [-0.25, -0.2) is 4.39 Å². The number of hydrogen-bond acceptors (Lipinski definition) is 0. The molecular weight excluding hydrogens is 244 g/mol. The van der Waals surface area contributed by atoms with Crippen LogP contribution in [0.25, 0.3) is 0 Å². The topological polar surface area (TPSA) is 0 Å². The molecule has 1 unspecified atom stereocenters. The van der Waals surface area contributed by atoms with Gasteiger partial charge < -0.3 is 0 Å². The molecule has 0 spiro atoms. The molecule has 0 radical (unpaired) electrons. The molecule has 0 aliphatic carbocycles. The Labute approximate surface area is 96.2 Å². The molecule has 0 heterocycles. The first kappa shape index (κ1) is 13.3. The molecule has 1 aromatic rings. The van der Waals surface area contributed by atoms with Gasteiger partial charge in [0.2, 0.25) is 0 Å². The highest BCUT2D eigenvalue weighted by Crippen LogP contribution is 2.36. The van der Waals surface area contributed by atoms with Crippen LogP contribution in [0.4, 0.5) is 17.6 Å². The molecule has 1 atom stereocenters. The van der Waals surface area contributed by atoms with Crippen molar-refractivity contribution in [3.8, 4) is 0 Å². The van der Waals surface area contributed by atoms with E-state index < -0.39 is 22.6 Å². The Morgan fingerprint density at radius 3 is 2.31 bits per heavy atom. The lowest BCUT2D eigenvalue weighted by Crippen LogP contribution is -2.08.